The average Bonchev–Trinajstić information content (AvgIpc) is 3.13. The zero-order valence-electron chi connectivity index (χ0n) is 11.0. The van der Waals surface area contributed by atoms with Crippen molar-refractivity contribution in [2.24, 2.45) is 5.92 Å². The third-order valence-corrected chi connectivity index (χ3v) is 5.38. The molecule has 0 N–H and O–H groups in total. The van der Waals surface area contributed by atoms with E-state index in [9.17, 15) is 13.2 Å². The van der Waals surface area contributed by atoms with Crippen LogP contribution in [0.5, 0.6) is 0 Å². The molecule has 1 aliphatic heterocycles. The lowest BCUT2D eigenvalue weighted by atomic mass is 10.3. The molecule has 2 rings (SSSR count). The van der Waals surface area contributed by atoms with Crippen LogP contribution in [0.1, 0.15) is 26.2 Å². The van der Waals surface area contributed by atoms with E-state index in [-0.39, 0.29) is 17.5 Å². The predicted octanol–water partition coefficient (Wildman–Crippen LogP) is 0.959. The lowest BCUT2D eigenvalue weighted by Crippen LogP contribution is -2.50. The van der Waals surface area contributed by atoms with E-state index in [0.717, 1.165) is 18.9 Å². The molecule has 2 fully saturated rings. The number of carbonyl (C=O) groups excluding carboxylic acids is 1. The standard InChI is InChI=1S/C12H22N2O3S/c1-2-13(6-5-11-3-4-11)12(15)14-7-9-18(16,17)10-8-14/h11H,2-10H2,1H3. The summed E-state index contributed by atoms with van der Waals surface area (Å²) in [4.78, 5) is 15.8. The Kier molecular flexibility index (Phi) is 4.14. The fraction of sp³-hybridized carbons (Fsp3) is 0.917. The highest BCUT2D eigenvalue weighted by Gasteiger charge is 2.28. The molecule has 0 radical (unpaired) electrons. The van der Waals surface area contributed by atoms with Crippen LogP contribution < -0.4 is 0 Å². The first kappa shape index (κ1) is 13.6. The first-order chi connectivity index (χ1) is 8.52. The van der Waals surface area contributed by atoms with Crippen molar-refractivity contribution in [2.75, 3.05) is 37.7 Å². The van der Waals surface area contributed by atoms with Gasteiger partial charge in [0.05, 0.1) is 11.5 Å². The Morgan fingerprint density at radius 2 is 1.89 bits per heavy atom. The molecule has 1 aliphatic carbocycles. The van der Waals surface area contributed by atoms with Gasteiger partial charge in [0.2, 0.25) is 0 Å². The summed E-state index contributed by atoms with van der Waals surface area (Å²) < 4.78 is 22.7. The average molecular weight is 274 g/mol. The molecule has 0 aromatic rings. The maximum Gasteiger partial charge on any atom is 0.320 e. The Hall–Kier alpha value is -0.780. The van der Waals surface area contributed by atoms with Gasteiger partial charge in [-0.3, -0.25) is 0 Å². The smallest absolute Gasteiger partial charge is 0.320 e. The minimum absolute atomic E-state index is 0.00745. The summed E-state index contributed by atoms with van der Waals surface area (Å²) in [6, 6.07) is 0.00745. The number of nitrogens with zero attached hydrogens (tertiary/aromatic N) is 2. The maximum atomic E-state index is 12.2. The van der Waals surface area contributed by atoms with Gasteiger partial charge in [-0.15, -0.1) is 0 Å². The minimum Gasteiger partial charge on any atom is -0.325 e. The topological polar surface area (TPSA) is 57.7 Å². The van der Waals surface area contributed by atoms with Crippen LogP contribution in [0.4, 0.5) is 4.79 Å². The summed E-state index contributed by atoms with van der Waals surface area (Å²) in [7, 11) is -2.91. The summed E-state index contributed by atoms with van der Waals surface area (Å²) in [6.45, 7) is 4.19. The number of carbonyl (C=O) groups is 1. The van der Waals surface area contributed by atoms with Crippen molar-refractivity contribution in [3.8, 4) is 0 Å². The summed E-state index contributed by atoms with van der Waals surface area (Å²) in [6.07, 6.45) is 3.69. The number of amides is 2. The molecular weight excluding hydrogens is 252 g/mol. The molecule has 0 aromatic carbocycles. The zero-order valence-corrected chi connectivity index (χ0v) is 11.8. The molecule has 6 heteroatoms. The normalized spacial score (nSPS) is 22.8. The van der Waals surface area contributed by atoms with Crippen LogP contribution in [0.25, 0.3) is 0 Å². The Morgan fingerprint density at radius 3 is 2.39 bits per heavy atom. The largest absolute Gasteiger partial charge is 0.325 e. The summed E-state index contributed by atoms with van der Waals surface area (Å²) in [5.41, 5.74) is 0. The summed E-state index contributed by atoms with van der Waals surface area (Å²) >= 11 is 0. The van der Waals surface area contributed by atoms with Crippen LogP contribution in [-0.4, -0.2) is 61.9 Å². The van der Waals surface area contributed by atoms with E-state index in [0.29, 0.717) is 19.6 Å². The third-order valence-electron chi connectivity index (χ3n) is 3.77. The van der Waals surface area contributed by atoms with Crippen molar-refractivity contribution in [3.05, 3.63) is 0 Å². The van der Waals surface area contributed by atoms with Gasteiger partial charge >= 0.3 is 6.03 Å². The third kappa shape index (κ3) is 3.60. The maximum absolute atomic E-state index is 12.2. The molecule has 2 aliphatic rings. The molecule has 0 spiro atoms. The second kappa shape index (κ2) is 5.47. The van der Waals surface area contributed by atoms with Crippen LogP contribution in [-0.2, 0) is 9.84 Å². The minimum atomic E-state index is -2.91. The molecule has 18 heavy (non-hydrogen) atoms. The molecule has 1 saturated carbocycles. The van der Waals surface area contributed by atoms with Gasteiger partial charge in [-0.05, 0) is 19.3 Å². The van der Waals surface area contributed by atoms with Crippen molar-refractivity contribution in [3.63, 3.8) is 0 Å². The number of hydrogen-bond donors (Lipinski definition) is 0. The lowest BCUT2D eigenvalue weighted by molar-refractivity contribution is 0.157. The van der Waals surface area contributed by atoms with E-state index in [1.54, 1.807) is 4.90 Å². The quantitative estimate of drug-likeness (QED) is 0.767. The van der Waals surface area contributed by atoms with Crippen LogP contribution in [0, 0.1) is 5.92 Å². The van der Waals surface area contributed by atoms with Crippen LogP contribution in [0.15, 0.2) is 0 Å². The van der Waals surface area contributed by atoms with E-state index in [4.69, 9.17) is 0 Å². The van der Waals surface area contributed by atoms with Gasteiger partial charge in [-0.25, -0.2) is 13.2 Å². The molecule has 0 atom stereocenters. The monoisotopic (exact) mass is 274 g/mol. The van der Waals surface area contributed by atoms with Crippen molar-refractivity contribution in [1.82, 2.24) is 9.80 Å². The van der Waals surface area contributed by atoms with Crippen molar-refractivity contribution >= 4 is 15.9 Å². The molecule has 1 saturated heterocycles. The van der Waals surface area contributed by atoms with Crippen LogP contribution in [0.3, 0.4) is 0 Å². The fourth-order valence-corrected chi connectivity index (χ4v) is 3.44. The van der Waals surface area contributed by atoms with Gasteiger partial charge in [0.25, 0.3) is 0 Å². The number of urea groups is 1. The van der Waals surface area contributed by atoms with Crippen molar-refractivity contribution in [2.45, 2.75) is 26.2 Å². The summed E-state index contributed by atoms with van der Waals surface area (Å²) in [5.74, 6) is 1.03. The first-order valence-electron chi connectivity index (χ1n) is 6.76. The molecule has 0 bridgehead atoms. The van der Waals surface area contributed by atoms with Crippen molar-refractivity contribution in [1.29, 1.82) is 0 Å². The summed E-state index contributed by atoms with van der Waals surface area (Å²) in [5, 5.41) is 0. The van der Waals surface area contributed by atoms with Gasteiger partial charge in [0.15, 0.2) is 9.84 Å². The first-order valence-corrected chi connectivity index (χ1v) is 8.58. The molecule has 0 aromatic heterocycles. The molecule has 0 unspecified atom stereocenters. The Bertz CT molecular complexity index is 390. The Morgan fingerprint density at radius 1 is 1.28 bits per heavy atom. The number of sulfone groups is 1. The Labute approximate surface area is 109 Å². The molecule has 1 heterocycles. The highest BCUT2D eigenvalue weighted by atomic mass is 32.2. The predicted molar refractivity (Wildman–Crippen MR) is 70.2 cm³/mol. The molecule has 104 valence electrons. The fourth-order valence-electron chi connectivity index (χ4n) is 2.24. The van der Waals surface area contributed by atoms with E-state index >= 15 is 0 Å². The van der Waals surface area contributed by atoms with Crippen LogP contribution >= 0.6 is 0 Å². The Balaban J connectivity index is 1.84. The SMILES string of the molecule is CCN(CCC1CC1)C(=O)N1CCS(=O)(=O)CC1. The highest BCUT2D eigenvalue weighted by Crippen LogP contribution is 2.32. The second-order valence-electron chi connectivity index (χ2n) is 5.23. The molecule has 2 amide bonds. The lowest BCUT2D eigenvalue weighted by Gasteiger charge is -2.32. The van der Waals surface area contributed by atoms with E-state index in [1.807, 2.05) is 11.8 Å². The van der Waals surface area contributed by atoms with Gasteiger partial charge in [0, 0.05) is 26.2 Å². The second-order valence-corrected chi connectivity index (χ2v) is 7.54. The highest BCUT2D eigenvalue weighted by molar-refractivity contribution is 7.91. The van der Waals surface area contributed by atoms with E-state index in [1.165, 1.54) is 12.8 Å². The number of hydrogen-bond acceptors (Lipinski definition) is 3. The van der Waals surface area contributed by atoms with Crippen molar-refractivity contribution < 1.29 is 13.2 Å². The molecular formula is C12H22N2O3S. The van der Waals surface area contributed by atoms with E-state index < -0.39 is 9.84 Å². The number of rotatable bonds is 4. The molecule has 5 nitrogen and oxygen atoms in total. The van der Waals surface area contributed by atoms with Gasteiger partial charge < -0.3 is 9.80 Å². The van der Waals surface area contributed by atoms with E-state index in [2.05, 4.69) is 0 Å². The van der Waals surface area contributed by atoms with Crippen LogP contribution in [0.2, 0.25) is 0 Å². The zero-order chi connectivity index (χ0) is 13.2. The van der Waals surface area contributed by atoms with Gasteiger partial charge in [0.1, 0.15) is 0 Å². The van der Waals surface area contributed by atoms with Gasteiger partial charge in [-0.1, -0.05) is 12.8 Å². The van der Waals surface area contributed by atoms with Gasteiger partial charge in [-0.2, -0.15) is 0 Å².